The van der Waals surface area contributed by atoms with Crippen molar-refractivity contribution in [3.63, 3.8) is 0 Å². The van der Waals surface area contributed by atoms with Crippen molar-refractivity contribution in [2.75, 3.05) is 26.7 Å². The largest absolute Gasteiger partial charge is 0.356 e. The van der Waals surface area contributed by atoms with Gasteiger partial charge in [-0.1, -0.05) is 24.3 Å². The van der Waals surface area contributed by atoms with E-state index in [4.69, 9.17) is 0 Å². The Balaban J connectivity index is 0.00000320. The van der Waals surface area contributed by atoms with Crippen LogP contribution in [0, 0.1) is 13.8 Å². The Kier molecular flexibility index (Phi) is 9.61. The van der Waals surface area contributed by atoms with Gasteiger partial charge in [0, 0.05) is 52.0 Å². The van der Waals surface area contributed by atoms with E-state index in [0.29, 0.717) is 6.04 Å². The van der Waals surface area contributed by atoms with Gasteiger partial charge < -0.3 is 10.6 Å². The van der Waals surface area contributed by atoms with E-state index in [0.717, 1.165) is 57.1 Å². The highest BCUT2D eigenvalue weighted by atomic mass is 127. The summed E-state index contributed by atoms with van der Waals surface area (Å²) in [4.78, 5) is 6.95. The highest BCUT2D eigenvalue weighted by Gasteiger charge is 2.16. The summed E-state index contributed by atoms with van der Waals surface area (Å²) in [6, 6.07) is 9.11. The zero-order chi connectivity index (χ0) is 20.8. The molecule has 1 aliphatic rings. The van der Waals surface area contributed by atoms with Crippen molar-refractivity contribution < 1.29 is 0 Å². The second kappa shape index (κ2) is 11.7. The van der Waals surface area contributed by atoms with Crippen LogP contribution < -0.4 is 10.6 Å². The van der Waals surface area contributed by atoms with Crippen LogP contribution in [0.1, 0.15) is 41.4 Å². The molecule has 3 rings (SSSR count). The molecule has 1 aromatic carbocycles. The average Bonchev–Trinajstić information content (AvgIpc) is 2.96. The lowest BCUT2D eigenvalue weighted by Gasteiger charge is -2.28. The summed E-state index contributed by atoms with van der Waals surface area (Å²) in [5.41, 5.74) is 6.68. The van der Waals surface area contributed by atoms with Crippen LogP contribution in [-0.2, 0) is 26.4 Å². The van der Waals surface area contributed by atoms with Crippen LogP contribution in [0.15, 0.2) is 29.3 Å². The van der Waals surface area contributed by atoms with E-state index in [-0.39, 0.29) is 24.0 Å². The molecule has 0 aliphatic carbocycles. The van der Waals surface area contributed by atoms with Gasteiger partial charge >= 0.3 is 0 Å². The van der Waals surface area contributed by atoms with Gasteiger partial charge in [-0.15, -0.1) is 24.0 Å². The van der Waals surface area contributed by atoms with Crippen molar-refractivity contribution in [3.05, 3.63) is 52.3 Å². The van der Waals surface area contributed by atoms with Crippen molar-refractivity contribution in [1.29, 1.82) is 0 Å². The Morgan fingerprint density at radius 3 is 2.63 bits per heavy atom. The predicted molar refractivity (Wildman–Crippen MR) is 136 cm³/mol. The van der Waals surface area contributed by atoms with Crippen LogP contribution in [-0.4, -0.2) is 53.4 Å². The standard InChI is InChI=1S/C23H36N6.HI/c1-17(15-22-18(2)27-28(5)19(22)3)26-23(24-4)25-12-8-13-29-14-11-20-9-6-7-10-21(20)16-29;/h6-7,9-10,17H,8,11-16H2,1-5H3,(H2,24,25,26);1H. The number of aryl methyl sites for hydroxylation is 2. The number of aromatic nitrogens is 2. The van der Waals surface area contributed by atoms with E-state index < -0.39 is 0 Å². The molecule has 2 heterocycles. The lowest BCUT2D eigenvalue weighted by molar-refractivity contribution is 0.251. The molecule has 2 aromatic rings. The zero-order valence-corrected chi connectivity index (χ0v) is 21.4. The number of hydrogen-bond acceptors (Lipinski definition) is 3. The monoisotopic (exact) mass is 524 g/mol. The molecule has 0 radical (unpaired) electrons. The molecule has 0 fully saturated rings. The molecule has 0 saturated heterocycles. The van der Waals surface area contributed by atoms with Crippen LogP contribution in [0.25, 0.3) is 0 Å². The number of nitrogens with one attached hydrogen (secondary N) is 2. The summed E-state index contributed by atoms with van der Waals surface area (Å²) in [5.74, 6) is 0.876. The number of fused-ring (bicyclic) bond motifs is 1. The average molecular weight is 524 g/mol. The summed E-state index contributed by atoms with van der Waals surface area (Å²) in [7, 11) is 3.84. The van der Waals surface area contributed by atoms with Crippen LogP contribution >= 0.6 is 24.0 Å². The first-order valence-electron chi connectivity index (χ1n) is 10.7. The quantitative estimate of drug-likeness (QED) is 0.253. The highest BCUT2D eigenvalue weighted by molar-refractivity contribution is 14.0. The minimum atomic E-state index is 0. The molecule has 30 heavy (non-hydrogen) atoms. The maximum atomic E-state index is 4.52. The third kappa shape index (κ3) is 6.44. The fourth-order valence-corrected chi connectivity index (χ4v) is 4.15. The first-order valence-corrected chi connectivity index (χ1v) is 10.7. The van der Waals surface area contributed by atoms with Gasteiger partial charge in [-0.25, -0.2) is 0 Å². The molecule has 166 valence electrons. The Morgan fingerprint density at radius 2 is 1.97 bits per heavy atom. The topological polar surface area (TPSA) is 57.5 Å². The molecule has 0 bridgehead atoms. The molecule has 1 unspecified atom stereocenters. The van der Waals surface area contributed by atoms with Gasteiger partial charge in [0.15, 0.2) is 5.96 Å². The summed E-state index contributed by atoms with van der Waals surface area (Å²) < 4.78 is 1.96. The molecule has 2 N–H and O–H groups in total. The molecular formula is C23H37IN6. The minimum Gasteiger partial charge on any atom is -0.356 e. The molecule has 0 saturated carbocycles. The molecule has 0 spiro atoms. The SMILES string of the molecule is CN=C(NCCCN1CCc2ccccc2C1)NC(C)Cc1c(C)nn(C)c1C.I. The Hall–Kier alpha value is -1.61. The fourth-order valence-electron chi connectivity index (χ4n) is 4.15. The first-order chi connectivity index (χ1) is 14.0. The van der Waals surface area contributed by atoms with Crippen molar-refractivity contribution in [3.8, 4) is 0 Å². The Bertz CT molecular complexity index is 844. The highest BCUT2D eigenvalue weighted by Crippen LogP contribution is 2.18. The number of rotatable bonds is 7. The normalized spacial score (nSPS) is 15.3. The zero-order valence-electron chi connectivity index (χ0n) is 19.0. The van der Waals surface area contributed by atoms with Crippen molar-refractivity contribution >= 4 is 29.9 Å². The minimum absolute atomic E-state index is 0. The van der Waals surface area contributed by atoms with Crippen molar-refractivity contribution in [2.45, 2.75) is 52.6 Å². The number of benzene rings is 1. The molecule has 7 heteroatoms. The number of guanidine groups is 1. The van der Waals surface area contributed by atoms with Crippen LogP contribution in [0.5, 0.6) is 0 Å². The number of hydrogen-bond donors (Lipinski definition) is 2. The van der Waals surface area contributed by atoms with Crippen LogP contribution in [0.2, 0.25) is 0 Å². The molecule has 1 atom stereocenters. The third-order valence-corrected chi connectivity index (χ3v) is 5.93. The summed E-state index contributed by atoms with van der Waals surface area (Å²) >= 11 is 0. The van der Waals surface area contributed by atoms with E-state index in [1.54, 1.807) is 0 Å². The molecule has 6 nitrogen and oxygen atoms in total. The molecule has 1 aliphatic heterocycles. The van der Waals surface area contributed by atoms with E-state index in [1.807, 2.05) is 18.8 Å². The van der Waals surface area contributed by atoms with Gasteiger partial charge in [-0.2, -0.15) is 5.10 Å². The van der Waals surface area contributed by atoms with Gasteiger partial charge in [0.2, 0.25) is 0 Å². The van der Waals surface area contributed by atoms with Gasteiger partial charge in [0.05, 0.1) is 5.69 Å². The Morgan fingerprint density at radius 1 is 1.23 bits per heavy atom. The molecule has 1 aromatic heterocycles. The fraction of sp³-hybridized carbons (Fsp3) is 0.565. The summed E-state index contributed by atoms with van der Waals surface area (Å²) in [5, 5.41) is 11.5. The second-order valence-electron chi connectivity index (χ2n) is 8.17. The van der Waals surface area contributed by atoms with Crippen molar-refractivity contribution in [2.24, 2.45) is 12.0 Å². The van der Waals surface area contributed by atoms with Gasteiger partial charge in [-0.05, 0) is 56.7 Å². The van der Waals surface area contributed by atoms with Crippen molar-refractivity contribution in [1.82, 2.24) is 25.3 Å². The van der Waals surface area contributed by atoms with E-state index in [1.165, 1.54) is 22.4 Å². The van der Waals surface area contributed by atoms with Crippen LogP contribution in [0.4, 0.5) is 0 Å². The lowest BCUT2D eigenvalue weighted by atomic mass is 10.00. The molecular weight excluding hydrogens is 487 g/mol. The summed E-state index contributed by atoms with van der Waals surface area (Å²) in [6.45, 7) is 10.7. The molecule has 0 amide bonds. The maximum absolute atomic E-state index is 4.52. The summed E-state index contributed by atoms with van der Waals surface area (Å²) in [6.07, 6.45) is 3.22. The third-order valence-electron chi connectivity index (χ3n) is 5.93. The smallest absolute Gasteiger partial charge is 0.191 e. The maximum Gasteiger partial charge on any atom is 0.191 e. The van der Waals surface area contributed by atoms with E-state index in [9.17, 15) is 0 Å². The van der Waals surface area contributed by atoms with Gasteiger partial charge in [-0.3, -0.25) is 14.6 Å². The van der Waals surface area contributed by atoms with Crippen LogP contribution in [0.3, 0.4) is 0 Å². The second-order valence-corrected chi connectivity index (χ2v) is 8.17. The number of halogens is 1. The van der Waals surface area contributed by atoms with Gasteiger partial charge in [0.25, 0.3) is 0 Å². The number of nitrogens with zero attached hydrogens (tertiary/aromatic N) is 4. The Labute approximate surface area is 198 Å². The van der Waals surface area contributed by atoms with E-state index >= 15 is 0 Å². The first kappa shape index (κ1) is 24.7. The predicted octanol–water partition coefficient (Wildman–Crippen LogP) is 3.20. The number of aliphatic imine (C=N–C) groups is 1. The van der Waals surface area contributed by atoms with Gasteiger partial charge in [0.1, 0.15) is 0 Å². The van der Waals surface area contributed by atoms with E-state index in [2.05, 4.69) is 70.7 Å². The lowest BCUT2D eigenvalue weighted by Crippen LogP contribution is -2.44.